The first-order valence-corrected chi connectivity index (χ1v) is 10.1. The van der Waals surface area contributed by atoms with Gasteiger partial charge < -0.3 is 15.4 Å². The molecule has 2 N–H and O–H groups in total. The monoisotopic (exact) mass is 445 g/mol. The van der Waals surface area contributed by atoms with E-state index in [0.717, 1.165) is 52.7 Å². The number of hydrogen-bond acceptors (Lipinski definition) is 5. The first-order valence-electron chi connectivity index (χ1n) is 9.28. The fourth-order valence-electron chi connectivity index (χ4n) is 3.47. The molecule has 3 rings (SSSR count). The minimum Gasteiger partial charge on any atom is -0.494 e. The van der Waals surface area contributed by atoms with E-state index >= 15 is 0 Å². The van der Waals surface area contributed by atoms with Crippen molar-refractivity contribution >= 4 is 42.1 Å². The van der Waals surface area contributed by atoms with Crippen LogP contribution < -0.4 is 10.5 Å². The molecule has 28 heavy (non-hydrogen) atoms. The molecule has 2 atom stereocenters. The van der Waals surface area contributed by atoms with Crippen molar-refractivity contribution in [3.63, 3.8) is 0 Å². The Hall–Kier alpha value is -1.34. The summed E-state index contributed by atoms with van der Waals surface area (Å²) in [6.07, 6.45) is 3.15. The molecule has 1 aliphatic heterocycles. The summed E-state index contributed by atoms with van der Waals surface area (Å²) in [7, 11) is 0. The molecule has 2 heterocycles. The smallest absolute Gasteiger partial charge is 0.266 e. The van der Waals surface area contributed by atoms with Crippen molar-refractivity contribution in [1.82, 2.24) is 9.88 Å². The van der Waals surface area contributed by atoms with Gasteiger partial charge in [-0.25, -0.2) is 4.98 Å². The van der Waals surface area contributed by atoms with E-state index in [-0.39, 0.29) is 42.8 Å². The van der Waals surface area contributed by atoms with Crippen molar-refractivity contribution in [3.05, 3.63) is 34.8 Å². The van der Waals surface area contributed by atoms with E-state index in [1.165, 1.54) is 11.3 Å². The van der Waals surface area contributed by atoms with Gasteiger partial charge in [0.25, 0.3) is 5.91 Å². The third kappa shape index (κ3) is 5.38. The van der Waals surface area contributed by atoms with Crippen LogP contribution in [0.15, 0.2) is 24.3 Å². The van der Waals surface area contributed by atoms with Gasteiger partial charge in [0.2, 0.25) is 0 Å². The molecule has 2 unspecified atom stereocenters. The van der Waals surface area contributed by atoms with E-state index in [1.54, 1.807) is 0 Å². The Balaban J connectivity index is 0.00000196. The highest BCUT2D eigenvalue weighted by Crippen LogP contribution is 2.31. The average molecular weight is 446 g/mol. The lowest BCUT2D eigenvalue weighted by molar-refractivity contribution is 0.0588. The molecule has 0 saturated carbocycles. The zero-order valence-corrected chi connectivity index (χ0v) is 19.0. The Morgan fingerprint density at radius 2 is 2.00 bits per heavy atom. The number of ether oxygens (including phenoxy) is 1. The number of thiazole rings is 1. The summed E-state index contributed by atoms with van der Waals surface area (Å²) in [6.45, 7) is 7.28. The second-order valence-electron chi connectivity index (χ2n) is 6.81. The van der Waals surface area contributed by atoms with Crippen molar-refractivity contribution in [3.8, 4) is 16.3 Å². The van der Waals surface area contributed by atoms with Crippen LogP contribution in [0.5, 0.6) is 5.75 Å². The first kappa shape index (κ1) is 24.7. The van der Waals surface area contributed by atoms with Crippen LogP contribution in [0, 0.1) is 6.92 Å². The first-order chi connectivity index (χ1) is 12.5. The van der Waals surface area contributed by atoms with Crippen LogP contribution in [0.3, 0.4) is 0 Å². The lowest BCUT2D eigenvalue weighted by atomic mass is 9.96. The summed E-state index contributed by atoms with van der Waals surface area (Å²) < 4.78 is 5.49. The van der Waals surface area contributed by atoms with Gasteiger partial charge in [-0.15, -0.1) is 36.2 Å². The number of aryl methyl sites for hydroxylation is 1. The van der Waals surface area contributed by atoms with Crippen molar-refractivity contribution in [1.29, 1.82) is 0 Å². The van der Waals surface area contributed by atoms with Crippen molar-refractivity contribution < 1.29 is 9.53 Å². The molecule has 0 radical (unpaired) electrons. The number of likely N-dealkylation sites (tertiary alicyclic amines) is 1. The number of nitrogens with zero attached hydrogens (tertiary/aromatic N) is 2. The Morgan fingerprint density at radius 1 is 1.32 bits per heavy atom. The van der Waals surface area contributed by atoms with Crippen LogP contribution in [0.25, 0.3) is 10.6 Å². The number of piperidine rings is 1. The SMILES string of the molecule is CCOc1ccc(-c2nc(C)c(C(=O)N3CCCCC3C(C)N)s2)cc1.Cl.Cl. The third-order valence-corrected chi connectivity index (χ3v) is 6.01. The Morgan fingerprint density at radius 3 is 2.61 bits per heavy atom. The van der Waals surface area contributed by atoms with Crippen molar-refractivity contribution in [2.75, 3.05) is 13.2 Å². The number of rotatable bonds is 5. The minimum absolute atomic E-state index is 0. The van der Waals surface area contributed by atoms with Crippen molar-refractivity contribution in [2.45, 2.75) is 52.1 Å². The summed E-state index contributed by atoms with van der Waals surface area (Å²) in [5.74, 6) is 0.910. The molecule has 1 aliphatic rings. The van der Waals surface area contributed by atoms with Crippen LogP contribution in [-0.4, -0.2) is 41.0 Å². The lowest BCUT2D eigenvalue weighted by Gasteiger charge is -2.37. The number of carbonyl (C=O) groups excluding carboxylic acids is 1. The number of benzene rings is 1. The van der Waals surface area contributed by atoms with Gasteiger partial charge in [0.05, 0.1) is 12.3 Å². The number of nitrogens with two attached hydrogens (primary N) is 1. The summed E-state index contributed by atoms with van der Waals surface area (Å²) in [4.78, 5) is 20.5. The molecule has 8 heteroatoms. The minimum atomic E-state index is -0.0157. The van der Waals surface area contributed by atoms with E-state index in [9.17, 15) is 4.79 Å². The van der Waals surface area contributed by atoms with Gasteiger partial charge >= 0.3 is 0 Å². The molecular weight excluding hydrogens is 417 g/mol. The Labute approximate surface area is 183 Å². The topological polar surface area (TPSA) is 68.5 Å². The molecule has 0 spiro atoms. The molecule has 1 aromatic carbocycles. The maximum atomic E-state index is 13.1. The summed E-state index contributed by atoms with van der Waals surface area (Å²) in [5.41, 5.74) is 7.92. The molecule has 1 aromatic heterocycles. The van der Waals surface area contributed by atoms with E-state index in [0.29, 0.717) is 6.61 Å². The summed E-state index contributed by atoms with van der Waals surface area (Å²) in [5, 5.41) is 0.864. The fraction of sp³-hybridized carbons (Fsp3) is 0.500. The molecule has 2 aromatic rings. The number of halogens is 2. The molecule has 0 aliphatic carbocycles. The molecular formula is C20H29Cl2N3O2S. The highest BCUT2D eigenvalue weighted by molar-refractivity contribution is 7.17. The molecule has 1 saturated heterocycles. The lowest BCUT2D eigenvalue weighted by Crippen LogP contribution is -2.51. The summed E-state index contributed by atoms with van der Waals surface area (Å²) in [6, 6.07) is 7.96. The van der Waals surface area contributed by atoms with Crippen molar-refractivity contribution in [2.24, 2.45) is 5.73 Å². The number of amides is 1. The van der Waals surface area contributed by atoms with Crippen LogP contribution in [0.4, 0.5) is 0 Å². The average Bonchev–Trinajstić information content (AvgIpc) is 3.03. The van der Waals surface area contributed by atoms with Gasteiger partial charge in [-0.3, -0.25) is 4.79 Å². The van der Waals surface area contributed by atoms with E-state index in [2.05, 4.69) is 4.98 Å². The van der Waals surface area contributed by atoms with Gasteiger partial charge in [-0.2, -0.15) is 0 Å². The number of carbonyl (C=O) groups is 1. The summed E-state index contributed by atoms with van der Waals surface area (Å²) >= 11 is 1.46. The molecule has 1 fully saturated rings. The van der Waals surface area contributed by atoms with Crippen LogP contribution in [0.1, 0.15) is 48.5 Å². The maximum absolute atomic E-state index is 13.1. The second kappa shape index (κ2) is 11.0. The van der Waals surface area contributed by atoms with E-state index in [4.69, 9.17) is 10.5 Å². The van der Waals surface area contributed by atoms with Gasteiger partial charge in [-0.05, 0) is 64.3 Å². The zero-order valence-electron chi connectivity index (χ0n) is 16.5. The fourth-order valence-corrected chi connectivity index (χ4v) is 4.49. The van der Waals surface area contributed by atoms with Crippen LogP contribution in [0.2, 0.25) is 0 Å². The number of hydrogen-bond donors (Lipinski definition) is 1. The Kier molecular flexibility index (Phi) is 9.70. The largest absolute Gasteiger partial charge is 0.494 e. The highest BCUT2D eigenvalue weighted by Gasteiger charge is 2.31. The van der Waals surface area contributed by atoms with E-state index < -0.39 is 0 Å². The standard InChI is InChI=1S/C20H27N3O2S.2ClH/c1-4-25-16-10-8-15(9-11-16)19-22-14(3)18(26-19)20(24)23-12-6-5-7-17(23)13(2)21;;/h8-11,13,17H,4-7,12,21H2,1-3H3;2*1H. The molecule has 5 nitrogen and oxygen atoms in total. The van der Waals surface area contributed by atoms with Crippen LogP contribution >= 0.6 is 36.2 Å². The van der Waals surface area contributed by atoms with Gasteiger partial charge in [0.15, 0.2) is 0 Å². The highest BCUT2D eigenvalue weighted by atomic mass is 35.5. The van der Waals surface area contributed by atoms with Crippen LogP contribution in [-0.2, 0) is 0 Å². The Bertz CT molecular complexity index is 765. The van der Waals surface area contributed by atoms with Gasteiger partial charge in [0.1, 0.15) is 15.6 Å². The normalized spacial score (nSPS) is 17.3. The quantitative estimate of drug-likeness (QED) is 0.723. The van der Waals surface area contributed by atoms with Gasteiger partial charge in [-0.1, -0.05) is 0 Å². The third-order valence-electron chi connectivity index (χ3n) is 4.82. The number of aromatic nitrogens is 1. The second-order valence-corrected chi connectivity index (χ2v) is 7.81. The molecule has 156 valence electrons. The molecule has 1 amide bonds. The van der Waals surface area contributed by atoms with E-state index in [1.807, 2.05) is 49.9 Å². The molecule has 0 bridgehead atoms. The zero-order chi connectivity index (χ0) is 18.7. The maximum Gasteiger partial charge on any atom is 0.266 e. The predicted molar refractivity (Wildman–Crippen MR) is 120 cm³/mol. The van der Waals surface area contributed by atoms with Gasteiger partial charge in [0, 0.05) is 24.2 Å². The predicted octanol–water partition coefficient (Wildman–Crippen LogP) is 4.70.